The van der Waals surface area contributed by atoms with Crippen molar-refractivity contribution in [2.45, 2.75) is 72.6 Å². The summed E-state index contributed by atoms with van der Waals surface area (Å²) in [5, 5.41) is 2.87. The van der Waals surface area contributed by atoms with Gasteiger partial charge >= 0.3 is 0 Å². The van der Waals surface area contributed by atoms with Crippen molar-refractivity contribution in [1.82, 2.24) is 5.32 Å². The van der Waals surface area contributed by atoms with Crippen LogP contribution in [0, 0.1) is 0 Å². The third-order valence-corrected chi connectivity index (χ3v) is 4.32. The SMILES string of the molecule is CCc1cc(OCC(=O)NC(C)(CC)OCCOC(C)(C)C)ccc1C(C)=O. The highest BCUT2D eigenvalue weighted by molar-refractivity contribution is 5.95. The summed E-state index contributed by atoms with van der Waals surface area (Å²) in [5.74, 6) is 0.317. The monoisotopic (exact) mass is 393 g/mol. The van der Waals surface area contributed by atoms with Gasteiger partial charge in [-0.05, 0) is 71.2 Å². The van der Waals surface area contributed by atoms with E-state index in [-0.39, 0.29) is 23.9 Å². The number of rotatable bonds is 11. The molecule has 1 amide bonds. The minimum absolute atomic E-state index is 0.0208. The maximum absolute atomic E-state index is 12.3. The fourth-order valence-electron chi connectivity index (χ4n) is 2.62. The van der Waals surface area contributed by atoms with Crippen molar-refractivity contribution in [1.29, 1.82) is 0 Å². The summed E-state index contributed by atoms with van der Waals surface area (Å²) in [5.41, 5.74) is 0.585. The summed E-state index contributed by atoms with van der Waals surface area (Å²) in [7, 11) is 0. The summed E-state index contributed by atoms with van der Waals surface area (Å²) in [4.78, 5) is 23.9. The van der Waals surface area contributed by atoms with Crippen LogP contribution < -0.4 is 10.1 Å². The highest BCUT2D eigenvalue weighted by Crippen LogP contribution is 2.19. The Labute approximate surface area is 168 Å². The average Bonchev–Trinajstić information content (AvgIpc) is 2.62. The first-order valence-electron chi connectivity index (χ1n) is 9.85. The normalized spacial score (nSPS) is 13.7. The van der Waals surface area contributed by atoms with Gasteiger partial charge in [0.05, 0.1) is 18.8 Å². The molecule has 1 N–H and O–H groups in total. The van der Waals surface area contributed by atoms with Crippen molar-refractivity contribution in [3.63, 3.8) is 0 Å². The summed E-state index contributed by atoms with van der Waals surface area (Å²) < 4.78 is 17.1. The molecule has 0 bridgehead atoms. The molecule has 158 valence electrons. The number of nitrogens with one attached hydrogen (secondary N) is 1. The lowest BCUT2D eigenvalue weighted by Gasteiger charge is -2.30. The van der Waals surface area contributed by atoms with Crippen LogP contribution >= 0.6 is 0 Å². The third-order valence-electron chi connectivity index (χ3n) is 4.32. The number of ketones is 1. The molecule has 1 aromatic carbocycles. The smallest absolute Gasteiger partial charge is 0.260 e. The second-order valence-electron chi connectivity index (χ2n) is 7.96. The van der Waals surface area contributed by atoms with Gasteiger partial charge in [-0.1, -0.05) is 13.8 Å². The van der Waals surface area contributed by atoms with Crippen molar-refractivity contribution < 1.29 is 23.8 Å². The molecule has 0 aliphatic rings. The Hall–Kier alpha value is -1.92. The van der Waals surface area contributed by atoms with E-state index in [2.05, 4.69) is 5.32 Å². The molecule has 0 fully saturated rings. The molecule has 0 heterocycles. The van der Waals surface area contributed by atoms with Crippen molar-refractivity contribution >= 4 is 11.7 Å². The van der Waals surface area contributed by atoms with Gasteiger partial charge in [-0.3, -0.25) is 9.59 Å². The number of amides is 1. The van der Waals surface area contributed by atoms with Crippen LogP contribution in [-0.2, 0) is 20.7 Å². The Morgan fingerprint density at radius 2 is 1.68 bits per heavy atom. The van der Waals surface area contributed by atoms with E-state index in [1.165, 1.54) is 0 Å². The third kappa shape index (κ3) is 8.40. The standard InChI is InChI=1S/C22H35NO5/c1-8-17-14-18(10-11-19(17)16(3)24)26-15-20(25)23-22(7,9-2)28-13-12-27-21(4,5)6/h10-11,14H,8-9,12-13,15H2,1-7H3,(H,23,25). The number of hydrogen-bond donors (Lipinski definition) is 1. The highest BCUT2D eigenvalue weighted by atomic mass is 16.6. The first-order valence-corrected chi connectivity index (χ1v) is 9.85. The zero-order valence-electron chi connectivity index (χ0n) is 18.3. The number of benzene rings is 1. The minimum Gasteiger partial charge on any atom is -0.484 e. The predicted molar refractivity (Wildman–Crippen MR) is 110 cm³/mol. The lowest BCUT2D eigenvalue weighted by Crippen LogP contribution is -2.50. The van der Waals surface area contributed by atoms with Gasteiger partial charge in [0.25, 0.3) is 5.91 Å². The number of aryl methyl sites for hydroxylation is 1. The number of hydrogen-bond acceptors (Lipinski definition) is 5. The number of Topliss-reactive ketones (excluding diaryl/α,β-unsaturated/α-hetero) is 1. The predicted octanol–water partition coefficient (Wildman–Crippen LogP) is 3.90. The molecule has 0 saturated carbocycles. The molecule has 0 radical (unpaired) electrons. The first-order chi connectivity index (χ1) is 13.0. The molecule has 0 saturated heterocycles. The minimum atomic E-state index is -0.783. The van der Waals surface area contributed by atoms with Crippen LogP contribution in [0.4, 0.5) is 0 Å². The average molecular weight is 394 g/mol. The highest BCUT2D eigenvalue weighted by Gasteiger charge is 2.25. The summed E-state index contributed by atoms with van der Waals surface area (Å²) in [6.45, 7) is 14.0. The van der Waals surface area contributed by atoms with Gasteiger partial charge < -0.3 is 19.5 Å². The topological polar surface area (TPSA) is 73.9 Å². The fraction of sp³-hybridized carbons (Fsp3) is 0.636. The summed E-state index contributed by atoms with van der Waals surface area (Å²) in [6, 6.07) is 5.26. The lowest BCUT2D eigenvalue weighted by molar-refractivity contribution is -0.139. The second kappa shape index (κ2) is 10.6. The molecule has 1 rings (SSSR count). The molecule has 0 aromatic heterocycles. The molecule has 1 atom stereocenters. The van der Waals surface area contributed by atoms with E-state index < -0.39 is 5.72 Å². The Balaban J connectivity index is 2.56. The van der Waals surface area contributed by atoms with E-state index in [9.17, 15) is 9.59 Å². The van der Waals surface area contributed by atoms with Crippen LogP contribution in [0.25, 0.3) is 0 Å². The van der Waals surface area contributed by atoms with Gasteiger partial charge in [0.1, 0.15) is 11.5 Å². The van der Waals surface area contributed by atoms with Gasteiger partial charge in [-0.15, -0.1) is 0 Å². The molecule has 6 nitrogen and oxygen atoms in total. The summed E-state index contributed by atoms with van der Waals surface area (Å²) >= 11 is 0. The van der Waals surface area contributed by atoms with Crippen LogP contribution in [0.3, 0.4) is 0 Å². The van der Waals surface area contributed by atoms with E-state index in [1.807, 2.05) is 47.6 Å². The van der Waals surface area contributed by atoms with Crippen LogP contribution in [-0.4, -0.2) is 42.8 Å². The van der Waals surface area contributed by atoms with Gasteiger partial charge in [-0.2, -0.15) is 0 Å². The zero-order valence-corrected chi connectivity index (χ0v) is 18.3. The van der Waals surface area contributed by atoms with Crippen molar-refractivity contribution in [2.75, 3.05) is 19.8 Å². The fourth-order valence-corrected chi connectivity index (χ4v) is 2.62. The van der Waals surface area contributed by atoms with Crippen LogP contribution in [0.15, 0.2) is 18.2 Å². The van der Waals surface area contributed by atoms with E-state index in [1.54, 1.807) is 19.1 Å². The number of carbonyl (C=O) groups excluding carboxylic acids is 2. The Morgan fingerprint density at radius 1 is 1.04 bits per heavy atom. The molecular formula is C22H35NO5. The van der Waals surface area contributed by atoms with E-state index >= 15 is 0 Å². The quantitative estimate of drug-likeness (QED) is 0.351. The van der Waals surface area contributed by atoms with Crippen LogP contribution in [0.1, 0.15) is 70.8 Å². The van der Waals surface area contributed by atoms with Crippen molar-refractivity contribution in [2.24, 2.45) is 0 Å². The van der Waals surface area contributed by atoms with Gasteiger partial charge in [0.2, 0.25) is 0 Å². The molecule has 28 heavy (non-hydrogen) atoms. The van der Waals surface area contributed by atoms with E-state index in [0.29, 0.717) is 30.9 Å². The van der Waals surface area contributed by atoms with Crippen molar-refractivity contribution in [3.8, 4) is 5.75 Å². The zero-order chi connectivity index (χ0) is 21.4. The van der Waals surface area contributed by atoms with Crippen LogP contribution in [0.5, 0.6) is 5.75 Å². The maximum atomic E-state index is 12.3. The second-order valence-corrected chi connectivity index (χ2v) is 7.96. The lowest BCUT2D eigenvalue weighted by atomic mass is 10.0. The Morgan fingerprint density at radius 3 is 2.21 bits per heavy atom. The van der Waals surface area contributed by atoms with E-state index in [4.69, 9.17) is 14.2 Å². The number of ether oxygens (including phenoxy) is 3. The van der Waals surface area contributed by atoms with Crippen LogP contribution in [0.2, 0.25) is 0 Å². The maximum Gasteiger partial charge on any atom is 0.260 e. The van der Waals surface area contributed by atoms with Gasteiger partial charge in [0, 0.05) is 5.56 Å². The Kier molecular flexibility index (Phi) is 9.11. The molecule has 6 heteroatoms. The largest absolute Gasteiger partial charge is 0.484 e. The number of carbonyl (C=O) groups is 2. The molecule has 0 aliphatic heterocycles. The molecule has 1 aromatic rings. The van der Waals surface area contributed by atoms with Gasteiger partial charge in [-0.25, -0.2) is 0 Å². The van der Waals surface area contributed by atoms with E-state index in [0.717, 1.165) is 12.0 Å². The molecule has 0 aliphatic carbocycles. The first kappa shape index (κ1) is 24.1. The van der Waals surface area contributed by atoms with Gasteiger partial charge in [0.15, 0.2) is 12.4 Å². The molecular weight excluding hydrogens is 358 g/mol. The summed E-state index contributed by atoms with van der Waals surface area (Å²) in [6.07, 6.45) is 1.33. The Bertz CT molecular complexity index is 665. The molecule has 0 spiro atoms. The molecule has 1 unspecified atom stereocenters. The van der Waals surface area contributed by atoms with Crippen molar-refractivity contribution in [3.05, 3.63) is 29.3 Å².